The Kier molecular flexibility index (Phi) is 4.55. The van der Waals surface area contributed by atoms with E-state index in [0.29, 0.717) is 0 Å². The van der Waals surface area contributed by atoms with E-state index < -0.39 is 46.3 Å². The molecule has 0 aliphatic carbocycles. The van der Waals surface area contributed by atoms with Crippen LogP contribution in [0.2, 0.25) is 0 Å². The number of hydrogen-bond donors (Lipinski definition) is 1. The first-order valence-corrected chi connectivity index (χ1v) is 5.81. The van der Waals surface area contributed by atoms with Crippen LogP contribution in [0.5, 0.6) is 0 Å². The molecule has 1 atom stereocenters. The third kappa shape index (κ3) is 2.88. The lowest BCUT2D eigenvalue weighted by Gasteiger charge is -2.18. The average Bonchev–Trinajstić information content (AvgIpc) is 2.34. The number of rotatable bonds is 3. The van der Waals surface area contributed by atoms with Crippen molar-refractivity contribution in [2.75, 3.05) is 0 Å². The Morgan fingerprint density at radius 3 is 1.74 bits per heavy atom. The first-order valence-electron chi connectivity index (χ1n) is 5.81. The lowest BCUT2D eigenvalue weighted by molar-refractivity contribution is 0.0919. The van der Waals surface area contributed by atoms with Gasteiger partial charge >= 0.3 is 0 Å². The minimum absolute atomic E-state index is 0.00946. The normalized spacial score (nSPS) is 12.7. The molecule has 6 heteroatoms. The van der Waals surface area contributed by atoms with Crippen LogP contribution in [-0.4, -0.2) is 11.9 Å². The van der Waals surface area contributed by atoms with Gasteiger partial charge in [0.2, 0.25) is 0 Å². The van der Waals surface area contributed by atoms with Crippen LogP contribution in [0.3, 0.4) is 0 Å². The fraction of sp³-hybridized carbons (Fsp3) is 0.462. The van der Waals surface area contributed by atoms with E-state index in [2.05, 4.69) is 5.32 Å². The molecule has 0 radical (unpaired) electrons. The highest BCUT2D eigenvalue weighted by molar-refractivity contribution is 5.95. The van der Waals surface area contributed by atoms with Crippen LogP contribution in [0, 0.1) is 36.1 Å². The number of halogens is 4. The second-order valence-electron chi connectivity index (χ2n) is 4.76. The minimum atomic E-state index is -1.68. The molecule has 0 aliphatic rings. The molecule has 1 rings (SSSR count). The van der Waals surface area contributed by atoms with E-state index in [4.69, 9.17) is 0 Å². The Morgan fingerprint density at radius 1 is 0.947 bits per heavy atom. The molecule has 0 unspecified atom stereocenters. The summed E-state index contributed by atoms with van der Waals surface area (Å²) < 4.78 is 53.8. The van der Waals surface area contributed by atoms with Crippen molar-refractivity contribution in [2.24, 2.45) is 5.92 Å². The summed E-state index contributed by atoms with van der Waals surface area (Å²) in [5.41, 5.74) is -2.02. The second kappa shape index (κ2) is 5.59. The number of nitrogens with one attached hydrogen (secondary N) is 1. The molecule has 1 aromatic carbocycles. The maximum Gasteiger partial charge on any atom is 0.257 e. The Morgan fingerprint density at radius 2 is 1.37 bits per heavy atom. The molecule has 2 nitrogen and oxygen atoms in total. The van der Waals surface area contributed by atoms with Gasteiger partial charge in [0, 0.05) is 11.6 Å². The van der Waals surface area contributed by atoms with E-state index in [1.54, 1.807) is 20.8 Å². The van der Waals surface area contributed by atoms with Gasteiger partial charge in [0.1, 0.15) is 5.56 Å². The average molecular weight is 277 g/mol. The molecule has 0 saturated carbocycles. The lowest BCUT2D eigenvalue weighted by Crippen LogP contribution is -2.37. The number of hydrogen-bond acceptors (Lipinski definition) is 1. The van der Waals surface area contributed by atoms with Crippen molar-refractivity contribution in [3.63, 3.8) is 0 Å². The molecule has 0 spiro atoms. The summed E-state index contributed by atoms with van der Waals surface area (Å²) in [4.78, 5) is 11.7. The highest BCUT2D eigenvalue weighted by Gasteiger charge is 2.28. The maximum atomic E-state index is 13.6. The summed E-state index contributed by atoms with van der Waals surface area (Å²) in [6.07, 6.45) is 0. The molecular weight excluding hydrogens is 262 g/mol. The molecule has 1 N–H and O–H groups in total. The van der Waals surface area contributed by atoms with E-state index in [0.717, 1.165) is 6.92 Å². The minimum Gasteiger partial charge on any atom is -0.349 e. The monoisotopic (exact) mass is 277 g/mol. The molecule has 1 aromatic rings. The van der Waals surface area contributed by atoms with Crippen molar-refractivity contribution in [3.8, 4) is 0 Å². The molecule has 0 aromatic heterocycles. The zero-order valence-corrected chi connectivity index (χ0v) is 11.1. The highest BCUT2D eigenvalue weighted by Crippen LogP contribution is 2.23. The third-order valence-corrected chi connectivity index (χ3v) is 3.07. The fourth-order valence-corrected chi connectivity index (χ4v) is 1.39. The standard InChI is InChI=1S/C13H15F4NO/c1-5(2)7(4)18-13(19)8-11(16)9(14)6(3)10(15)12(8)17/h5,7H,1-4H3,(H,18,19)/t7-/m0/s1. The molecule has 0 fully saturated rings. The zero-order valence-electron chi connectivity index (χ0n) is 11.1. The second-order valence-corrected chi connectivity index (χ2v) is 4.76. The van der Waals surface area contributed by atoms with Crippen LogP contribution >= 0.6 is 0 Å². The first kappa shape index (κ1) is 15.5. The van der Waals surface area contributed by atoms with E-state index in [1.807, 2.05) is 0 Å². The number of amides is 1. The fourth-order valence-electron chi connectivity index (χ4n) is 1.39. The van der Waals surface area contributed by atoms with Gasteiger partial charge in [-0.25, -0.2) is 17.6 Å². The molecule has 1 amide bonds. The van der Waals surface area contributed by atoms with E-state index in [9.17, 15) is 22.4 Å². The molecule has 106 valence electrons. The van der Waals surface area contributed by atoms with Gasteiger partial charge in [0.05, 0.1) is 0 Å². The topological polar surface area (TPSA) is 29.1 Å². The SMILES string of the molecule is Cc1c(F)c(F)c(C(=O)N[C@@H](C)C(C)C)c(F)c1F. The number of carbonyl (C=O) groups is 1. The predicted octanol–water partition coefficient (Wildman–Crippen LogP) is 3.33. The number of carbonyl (C=O) groups excluding carboxylic acids is 1. The summed E-state index contributed by atoms with van der Waals surface area (Å²) in [5.74, 6) is -7.62. The molecule has 19 heavy (non-hydrogen) atoms. The zero-order chi connectivity index (χ0) is 14.9. The third-order valence-electron chi connectivity index (χ3n) is 3.07. The van der Waals surface area contributed by atoms with Gasteiger partial charge in [-0.1, -0.05) is 13.8 Å². The van der Waals surface area contributed by atoms with Crippen LogP contribution in [0.25, 0.3) is 0 Å². The summed E-state index contributed by atoms with van der Waals surface area (Å²) in [6, 6.07) is -0.390. The van der Waals surface area contributed by atoms with Gasteiger partial charge in [-0.3, -0.25) is 4.79 Å². The van der Waals surface area contributed by atoms with Gasteiger partial charge in [-0.2, -0.15) is 0 Å². The van der Waals surface area contributed by atoms with Crippen molar-refractivity contribution >= 4 is 5.91 Å². The van der Waals surface area contributed by atoms with Crippen LogP contribution in [0.1, 0.15) is 36.7 Å². The molecule has 0 aliphatic heterocycles. The van der Waals surface area contributed by atoms with Gasteiger partial charge in [0.15, 0.2) is 23.3 Å². The van der Waals surface area contributed by atoms with E-state index >= 15 is 0 Å². The van der Waals surface area contributed by atoms with Crippen molar-refractivity contribution in [1.82, 2.24) is 5.32 Å². The smallest absolute Gasteiger partial charge is 0.257 e. The molecule has 0 saturated heterocycles. The van der Waals surface area contributed by atoms with E-state index in [-0.39, 0.29) is 5.92 Å². The van der Waals surface area contributed by atoms with Crippen LogP contribution in [0.15, 0.2) is 0 Å². The maximum absolute atomic E-state index is 13.6. The van der Waals surface area contributed by atoms with Gasteiger partial charge < -0.3 is 5.32 Å². The van der Waals surface area contributed by atoms with Crippen molar-refractivity contribution < 1.29 is 22.4 Å². The van der Waals surface area contributed by atoms with Gasteiger partial charge in [-0.15, -0.1) is 0 Å². The van der Waals surface area contributed by atoms with Crippen molar-refractivity contribution in [1.29, 1.82) is 0 Å². The van der Waals surface area contributed by atoms with Crippen LogP contribution in [-0.2, 0) is 0 Å². The van der Waals surface area contributed by atoms with Crippen molar-refractivity contribution in [2.45, 2.75) is 33.7 Å². The molecular formula is C13H15F4NO. The summed E-state index contributed by atoms with van der Waals surface area (Å²) in [6.45, 7) is 6.09. The first-order chi connectivity index (χ1) is 8.68. The van der Waals surface area contributed by atoms with E-state index in [1.165, 1.54) is 0 Å². The molecule has 0 heterocycles. The van der Waals surface area contributed by atoms with Gasteiger partial charge in [-0.05, 0) is 19.8 Å². The Balaban J connectivity index is 3.25. The highest BCUT2D eigenvalue weighted by atomic mass is 19.2. The molecule has 0 bridgehead atoms. The summed E-state index contributed by atoms with van der Waals surface area (Å²) in [7, 11) is 0. The Bertz CT molecular complexity index is 485. The van der Waals surface area contributed by atoms with Gasteiger partial charge in [0.25, 0.3) is 5.91 Å². The van der Waals surface area contributed by atoms with Crippen molar-refractivity contribution in [3.05, 3.63) is 34.4 Å². The Labute approximate surface area is 108 Å². The number of benzene rings is 1. The predicted molar refractivity (Wildman–Crippen MR) is 62.8 cm³/mol. The largest absolute Gasteiger partial charge is 0.349 e. The quantitative estimate of drug-likeness (QED) is 0.666. The Hall–Kier alpha value is -1.59. The summed E-state index contributed by atoms with van der Waals surface area (Å²) >= 11 is 0. The summed E-state index contributed by atoms with van der Waals surface area (Å²) in [5, 5.41) is 2.30. The van der Waals surface area contributed by atoms with Crippen LogP contribution in [0.4, 0.5) is 17.6 Å². The lowest BCUT2D eigenvalue weighted by atomic mass is 10.0. The van der Waals surface area contributed by atoms with Crippen LogP contribution < -0.4 is 5.32 Å².